The fraction of sp³-hybridized carbons (Fsp3) is 1.00. The van der Waals surface area contributed by atoms with Crippen LogP contribution >= 0.6 is 0 Å². The highest BCUT2D eigenvalue weighted by molar-refractivity contribution is 4.69. The van der Waals surface area contributed by atoms with Crippen LogP contribution in [0, 0.1) is 0 Å². The third-order valence-electron chi connectivity index (χ3n) is 1.60. The number of nitrogens with one attached hydrogen (secondary N) is 1. The molecule has 1 atom stereocenters. The molecule has 3 heteroatoms. The molecule has 0 aliphatic carbocycles. The zero-order valence-electron chi connectivity index (χ0n) is 8.30. The Hall–Kier alpha value is -0.120. The molecule has 0 radical (unpaired) electrons. The Balaban J connectivity index is 3.40. The Morgan fingerprint density at radius 2 is 2.00 bits per heavy atom. The molecule has 0 aromatic rings. The van der Waals surface area contributed by atoms with Gasteiger partial charge in [0.05, 0.1) is 5.60 Å². The van der Waals surface area contributed by atoms with Crippen molar-refractivity contribution in [1.82, 2.24) is 5.32 Å². The summed E-state index contributed by atoms with van der Waals surface area (Å²) in [6.07, 6.45) is 1.96. The SMILES string of the molecule is CCCCNC(O)CC(C)(C)O. The number of hydrogen-bond acceptors (Lipinski definition) is 3. The first-order valence-corrected chi connectivity index (χ1v) is 4.59. The summed E-state index contributed by atoms with van der Waals surface area (Å²) in [5.74, 6) is 0. The van der Waals surface area contributed by atoms with Gasteiger partial charge in [-0.3, -0.25) is 5.32 Å². The molecule has 0 aliphatic rings. The highest BCUT2D eigenvalue weighted by Crippen LogP contribution is 2.08. The Labute approximate surface area is 74.8 Å². The fourth-order valence-electron chi connectivity index (χ4n) is 0.991. The molecule has 0 fully saturated rings. The van der Waals surface area contributed by atoms with Crippen LogP contribution in [0.4, 0.5) is 0 Å². The number of hydrogen-bond donors (Lipinski definition) is 3. The molecule has 0 saturated heterocycles. The van der Waals surface area contributed by atoms with Crippen LogP contribution in [0.5, 0.6) is 0 Å². The van der Waals surface area contributed by atoms with E-state index in [1.807, 2.05) is 0 Å². The van der Waals surface area contributed by atoms with E-state index in [1.165, 1.54) is 0 Å². The van der Waals surface area contributed by atoms with Crippen molar-refractivity contribution in [3.63, 3.8) is 0 Å². The molecule has 1 unspecified atom stereocenters. The number of aliphatic hydroxyl groups is 2. The van der Waals surface area contributed by atoms with Crippen LogP contribution < -0.4 is 5.32 Å². The number of rotatable bonds is 6. The van der Waals surface area contributed by atoms with Gasteiger partial charge in [-0.15, -0.1) is 0 Å². The minimum atomic E-state index is -0.793. The Kier molecular flexibility index (Phi) is 5.46. The molecule has 0 bridgehead atoms. The van der Waals surface area contributed by atoms with Gasteiger partial charge >= 0.3 is 0 Å². The maximum Gasteiger partial charge on any atom is 0.107 e. The molecule has 0 saturated carbocycles. The van der Waals surface area contributed by atoms with Crippen molar-refractivity contribution in [2.24, 2.45) is 0 Å². The first kappa shape index (κ1) is 11.9. The van der Waals surface area contributed by atoms with Crippen molar-refractivity contribution in [1.29, 1.82) is 0 Å². The van der Waals surface area contributed by atoms with E-state index in [4.69, 9.17) is 0 Å². The normalized spacial score (nSPS) is 14.8. The topological polar surface area (TPSA) is 52.5 Å². The monoisotopic (exact) mass is 175 g/mol. The lowest BCUT2D eigenvalue weighted by atomic mass is 10.0. The van der Waals surface area contributed by atoms with Gasteiger partial charge in [-0.2, -0.15) is 0 Å². The van der Waals surface area contributed by atoms with Crippen LogP contribution in [0.1, 0.15) is 40.0 Å². The summed E-state index contributed by atoms with van der Waals surface area (Å²) >= 11 is 0. The third kappa shape index (κ3) is 7.98. The zero-order valence-corrected chi connectivity index (χ0v) is 8.30. The van der Waals surface area contributed by atoms with Gasteiger partial charge in [-0.25, -0.2) is 0 Å². The predicted octanol–water partition coefficient (Wildman–Crippen LogP) is 0.855. The molecule has 0 rings (SSSR count). The molecule has 74 valence electrons. The van der Waals surface area contributed by atoms with E-state index < -0.39 is 11.8 Å². The fourth-order valence-corrected chi connectivity index (χ4v) is 0.991. The maximum atomic E-state index is 9.34. The first-order chi connectivity index (χ1) is 5.45. The minimum absolute atomic E-state index is 0.372. The van der Waals surface area contributed by atoms with Gasteiger partial charge in [0.2, 0.25) is 0 Å². The lowest BCUT2D eigenvalue weighted by Gasteiger charge is -2.21. The van der Waals surface area contributed by atoms with Crippen LogP contribution in [0.25, 0.3) is 0 Å². The van der Waals surface area contributed by atoms with Crippen LogP contribution in [0.3, 0.4) is 0 Å². The van der Waals surface area contributed by atoms with Crippen molar-refractivity contribution in [2.75, 3.05) is 6.54 Å². The molecular weight excluding hydrogens is 154 g/mol. The highest BCUT2D eigenvalue weighted by Gasteiger charge is 2.17. The van der Waals surface area contributed by atoms with Crippen molar-refractivity contribution in [2.45, 2.75) is 51.9 Å². The maximum absolute atomic E-state index is 9.34. The molecule has 12 heavy (non-hydrogen) atoms. The molecule has 0 amide bonds. The van der Waals surface area contributed by atoms with E-state index >= 15 is 0 Å². The third-order valence-corrected chi connectivity index (χ3v) is 1.60. The lowest BCUT2D eigenvalue weighted by molar-refractivity contribution is 0.00637. The van der Waals surface area contributed by atoms with Crippen LogP contribution in [0.15, 0.2) is 0 Å². The van der Waals surface area contributed by atoms with Crippen molar-refractivity contribution in [3.8, 4) is 0 Å². The summed E-state index contributed by atoms with van der Waals surface area (Å²) in [4.78, 5) is 0. The number of aliphatic hydroxyl groups excluding tert-OH is 1. The average Bonchev–Trinajstić information content (AvgIpc) is 1.84. The Bertz CT molecular complexity index is 110. The summed E-state index contributed by atoms with van der Waals surface area (Å²) < 4.78 is 0. The molecule has 0 aromatic carbocycles. The van der Waals surface area contributed by atoms with Crippen LogP contribution in [-0.4, -0.2) is 28.6 Å². The lowest BCUT2D eigenvalue weighted by Crippen LogP contribution is -2.36. The largest absolute Gasteiger partial charge is 0.390 e. The van der Waals surface area contributed by atoms with E-state index in [-0.39, 0.29) is 0 Å². The molecule has 0 aliphatic heterocycles. The molecule has 0 aromatic heterocycles. The summed E-state index contributed by atoms with van der Waals surface area (Å²) in [6.45, 7) is 6.30. The smallest absolute Gasteiger partial charge is 0.107 e. The van der Waals surface area contributed by atoms with Gasteiger partial charge < -0.3 is 10.2 Å². The van der Waals surface area contributed by atoms with E-state index in [0.29, 0.717) is 6.42 Å². The second-order valence-electron chi connectivity index (χ2n) is 3.84. The van der Waals surface area contributed by atoms with Crippen molar-refractivity contribution in [3.05, 3.63) is 0 Å². The molecule has 0 heterocycles. The second kappa shape index (κ2) is 5.51. The van der Waals surface area contributed by atoms with E-state index in [0.717, 1.165) is 19.4 Å². The van der Waals surface area contributed by atoms with Crippen molar-refractivity contribution >= 4 is 0 Å². The van der Waals surface area contributed by atoms with Crippen LogP contribution in [0.2, 0.25) is 0 Å². The summed E-state index contributed by atoms with van der Waals surface area (Å²) in [5, 5.41) is 21.6. The summed E-state index contributed by atoms with van der Waals surface area (Å²) in [5.41, 5.74) is -0.793. The highest BCUT2D eigenvalue weighted by atomic mass is 16.3. The van der Waals surface area contributed by atoms with Gasteiger partial charge in [0.1, 0.15) is 6.23 Å². The first-order valence-electron chi connectivity index (χ1n) is 4.59. The van der Waals surface area contributed by atoms with Gasteiger partial charge in [-0.1, -0.05) is 13.3 Å². The number of unbranched alkanes of at least 4 members (excludes halogenated alkanes) is 1. The van der Waals surface area contributed by atoms with E-state index in [9.17, 15) is 10.2 Å². The van der Waals surface area contributed by atoms with Gasteiger partial charge in [0, 0.05) is 6.42 Å². The van der Waals surface area contributed by atoms with Crippen molar-refractivity contribution < 1.29 is 10.2 Å². The van der Waals surface area contributed by atoms with E-state index in [1.54, 1.807) is 13.8 Å². The van der Waals surface area contributed by atoms with Gasteiger partial charge in [-0.05, 0) is 26.8 Å². The molecule has 0 spiro atoms. The minimum Gasteiger partial charge on any atom is -0.390 e. The van der Waals surface area contributed by atoms with Crippen LogP contribution in [-0.2, 0) is 0 Å². The van der Waals surface area contributed by atoms with Gasteiger partial charge in [0.25, 0.3) is 0 Å². The second-order valence-corrected chi connectivity index (χ2v) is 3.84. The van der Waals surface area contributed by atoms with Gasteiger partial charge in [0.15, 0.2) is 0 Å². The quantitative estimate of drug-likeness (QED) is 0.414. The summed E-state index contributed by atoms with van der Waals surface area (Å²) in [7, 11) is 0. The average molecular weight is 175 g/mol. The molecule has 3 N–H and O–H groups in total. The molecule has 3 nitrogen and oxygen atoms in total. The Morgan fingerprint density at radius 1 is 1.42 bits per heavy atom. The predicted molar refractivity (Wildman–Crippen MR) is 49.8 cm³/mol. The Morgan fingerprint density at radius 3 is 2.42 bits per heavy atom. The zero-order chi connectivity index (χ0) is 9.61. The molecular formula is C9H21NO2. The standard InChI is InChI=1S/C9H21NO2/c1-4-5-6-10-8(11)7-9(2,3)12/h8,10-12H,4-7H2,1-3H3. The summed E-state index contributed by atoms with van der Waals surface area (Å²) in [6, 6.07) is 0. The van der Waals surface area contributed by atoms with E-state index in [2.05, 4.69) is 12.2 Å².